The number of likely N-dealkylation sites (tertiary alicyclic amines) is 1. The molecule has 1 heterocycles. The van der Waals surface area contributed by atoms with E-state index in [2.05, 4.69) is 47.9 Å². The van der Waals surface area contributed by atoms with Crippen LogP contribution in [-0.2, 0) is 11.2 Å². The Kier molecular flexibility index (Phi) is 4.58. The van der Waals surface area contributed by atoms with E-state index < -0.39 is 0 Å². The van der Waals surface area contributed by atoms with Gasteiger partial charge < -0.3 is 4.90 Å². The van der Waals surface area contributed by atoms with Crippen LogP contribution < -0.4 is 0 Å². The molecule has 21 heavy (non-hydrogen) atoms. The number of benzene rings is 1. The van der Waals surface area contributed by atoms with E-state index in [0.29, 0.717) is 5.91 Å². The first-order valence-electron chi connectivity index (χ1n) is 8.13. The van der Waals surface area contributed by atoms with Crippen molar-refractivity contribution in [1.29, 1.82) is 0 Å². The molecule has 0 radical (unpaired) electrons. The smallest absolute Gasteiger partial charge is 0.223 e. The number of carbonyl (C=O) groups excluding carboxylic acids is 1. The molecule has 114 valence electrons. The summed E-state index contributed by atoms with van der Waals surface area (Å²) in [5.41, 5.74) is 1.68. The maximum absolute atomic E-state index is 12.4. The molecular weight excluding hydrogens is 278 g/mol. The molecule has 3 heteroatoms. The summed E-state index contributed by atoms with van der Waals surface area (Å²) in [6, 6.07) is 10.7. The maximum Gasteiger partial charge on any atom is 0.223 e. The van der Waals surface area contributed by atoms with E-state index in [1.165, 1.54) is 18.4 Å². The highest BCUT2D eigenvalue weighted by atomic mass is 32.1. The first-order chi connectivity index (χ1) is 10.2. The summed E-state index contributed by atoms with van der Waals surface area (Å²) >= 11 is 4.40. The van der Waals surface area contributed by atoms with E-state index in [4.69, 9.17) is 0 Å². The fourth-order valence-electron chi connectivity index (χ4n) is 3.33. The van der Waals surface area contributed by atoms with Crippen LogP contribution in [0.1, 0.15) is 37.7 Å². The number of amides is 1. The number of thiol groups is 1. The van der Waals surface area contributed by atoms with Crippen LogP contribution in [0.2, 0.25) is 0 Å². The Hall–Kier alpha value is -0.960. The highest BCUT2D eigenvalue weighted by Gasteiger charge is 2.43. The maximum atomic E-state index is 12.4. The van der Waals surface area contributed by atoms with Gasteiger partial charge in [0, 0.05) is 19.5 Å². The Labute approximate surface area is 133 Å². The first-order valence-corrected chi connectivity index (χ1v) is 8.77. The van der Waals surface area contributed by atoms with Crippen molar-refractivity contribution in [2.45, 2.75) is 38.5 Å². The van der Waals surface area contributed by atoms with Crippen LogP contribution >= 0.6 is 12.6 Å². The minimum atomic E-state index is 0.251. The zero-order valence-corrected chi connectivity index (χ0v) is 13.5. The standard InChI is InChI=1S/C18H25NOS/c20-17(13-18(14-21)8-9-18)19-10-6-16(7-11-19)12-15-4-2-1-3-5-15/h1-5,16,21H,6-14H2. The highest BCUT2D eigenvalue weighted by molar-refractivity contribution is 7.80. The predicted molar refractivity (Wildman–Crippen MR) is 89.6 cm³/mol. The monoisotopic (exact) mass is 303 g/mol. The van der Waals surface area contributed by atoms with E-state index in [1.807, 2.05) is 0 Å². The van der Waals surface area contributed by atoms with E-state index in [0.717, 1.165) is 50.4 Å². The summed E-state index contributed by atoms with van der Waals surface area (Å²) in [6.07, 6.45) is 6.55. The van der Waals surface area contributed by atoms with E-state index in [-0.39, 0.29) is 5.41 Å². The van der Waals surface area contributed by atoms with Crippen LogP contribution in [0.25, 0.3) is 0 Å². The lowest BCUT2D eigenvalue weighted by molar-refractivity contribution is -0.133. The molecular formula is C18H25NOS. The van der Waals surface area contributed by atoms with Gasteiger partial charge in [0.2, 0.25) is 5.91 Å². The minimum Gasteiger partial charge on any atom is -0.343 e. The molecule has 2 nitrogen and oxygen atoms in total. The van der Waals surface area contributed by atoms with Crippen molar-refractivity contribution in [3.63, 3.8) is 0 Å². The van der Waals surface area contributed by atoms with Crippen molar-refractivity contribution in [2.75, 3.05) is 18.8 Å². The van der Waals surface area contributed by atoms with Gasteiger partial charge in [-0.2, -0.15) is 12.6 Å². The number of piperidine rings is 1. The van der Waals surface area contributed by atoms with Crippen molar-refractivity contribution < 1.29 is 4.79 Å². The average molecular weight is 303 g/mol. The van der Waals surface area contributed by atoms with Crippen LogP contribution in [-0.4, -0.2) is 29.6 Å². The molecule has 2 aliphatic rings. The molecule has 0 N–H and O–H groups in total. The summed E-state index contributed by atoms with van der Waals surface area (Å²) in [4.78, 5) is 14.5. The minimum absolute atomic E-state index is 0.251. The second kappa shape index (κ2) is 6.43. The van der Waals surface area contributed by atoms with Crippen molar-refractivity contribution in [3.8, 4) is 0 Å². The molecule has 3 rings (SSSR count). The molecule has 2 fully saturated rings. The van der Waals surface area contributed by atoms with Crippen molar-refractivity contribution in [1.82, 2.24) is 4.90 Å². The summed E-state index contributed by atoms with van der Waals surface area (Å²) in [5, 5.41) is 0. The Morgan fingerprint density at radius 1 is 1.19 bits per heavy atom. The molecule has 1 amide bonds. The van der Waals surface area contributed by atoms with Gasteiger partial charge in [0.15, 0.2) is 0 Å². The van der Waals surface area contributed by atoms with Gasteiger partial charge in [-0.1, -0.05) is 30.3 Å². The van der Waals surface area contributed by atoms with Crippen molar-refractivity contribution in [3.05, 3.63) is 35.9 Å². The normalized spacial score (nSPS) is 21.3. The van der Waals surface area contributed by atoms with Crippen LogP contribution in [0.15, 0.2) is 30.3 Å². The molecule has 1 aliphatic carbocycles. The Bertz CT molecular complexity index is 475. The SMILES string of the molecule is O=C(CC1(CS)CC1)N1CCC(Cc2ccccc2)CC1. The molecule has 1 saturated heterocycles. The highest BCUT2D eigenvalue weighted by Crippen LogP contribution is 2.50. The molecule has 1 aliphatic heterocycles. The van der Waals surface area contributed by atoms with Crippen LogP contribution in [0.5, 0.6) is 0 Å². The quantitative estimate of drug-likeness (QED) is 0.825. The van der Waals surface area contributed by atoms with Gasteiger partial charge in [0.05, 0.1) is 0 Å². The molecule has 1 aromatic carbocycles. The fourth-order valence-corrected chi connectivity index (χ4v) is 3.76. The number of hydrogen-bond donors (Lipinski definition) is 1. The molecule has 1 aromatic rings. The topological polar surface area (TPSA) is 20.3 Å². The van der Waals surface area contributed by atoms with Crippen molar-refractivity contribution in [2.24, 2.45) is 11.3 Å². The van der Waals surface area contributed by atoms with Crippen LogP contribution in [0.4, 0.5) is 0 Å². The van der Waals surface area contributed by atoms with Crippen LogP contribution in [0.3, 0.4) is 0 Å². The molecule has 1 saturated carbocycles. The second-order valence-corrected chi connectivity index (χ2v) is 7.17. The average Bonchev–Trinajstić information content (AvgIpc) is 3.29. The van der Waals surface area contributed by atoms with E-state index in [1.54, 1.807) is 0 Å². The number of rotatable bonds is 5. The second-order valence-electron chi connectivity index (χ2n) is 6.85. The molecule has 0 aromatic heterocycles. The molecule has 0 bridgehead atoms. The zero-order chi connectivity index (χ0) is 14.7. The fraction of sp³-hybridized carbons (Fsp3) is 0.611. The molecule has 0 atom stereocenters. The largest absolute Gasteiger partial charge is 0.343 e. The molecule has 0 unspecified atom stereocenters. The lowest BCUT2D eigenvalue weighted by atomic mass is 9.90. The summed E-state index contributed by atoms with van der Waals surface area (Å²) in [7, 11) is 0. The Morgan fingerprint density at radius 2 is 1.86 bits per heavy atom. The third-order valence-corrected chi connectivity index (χ3v) is 5.82. The van der Waals surface area contributed by atoms with Gasteiger partial charge in [0.25, 0.3) is 0 Å². The third-order valence-electron chi connectivity index (χ3n) is 5.15. The summed E-state index contributed by atoms with van der Waals surface area (Å²) in [6.45, 7) is 1.89. The Morgan fingerprint density at radius 3 is 2.43 bits per heavy atom. The Balaban J connectivity index is 1.45. The van der Waals surface area contributed by atoms with Gasteiger partial charge >= 0.3 is 0 Å². The molecule has 0 spiro atoms. The number of carbonyl (C=O) groups is 1. The van der Waals surface area contributed by atoms with E-state index >= 15 is 0 Å². The summed E-state index contributed by atoms with van der Waals surface area (Å²) < 4.78 is 0. The third kappa shape index (κ3) is 3.82. The number of hydrogen-bond acceptors (Lipinski definition) is 2. The lowest BCUT2D eigenvalue weighted by Gasteiger charge is -2.33. The first kappa shape index (κ1) is 15.0. The van der Waals surface area contributed by atoms with Crippen molar-refractivity contribution >= 4 is 18.5 Å². The van der Waals surface area contributed by atoms with E-state index in [9.17, 15) is 4.79 Å². The predicted octanol–water partition coefficient (Wildman–Crippen LogP) is 3.57. The van der Waals surface area contributed by atoms with Gasteiger partial charge in [-0.05, 0) is 54.8 Å². The van der Waals surface area contributed by atoms with Gasteiger partial charge in [-0.3, -0.25) is 4.79 Å². The van der Waals surface area contributed by atoms with Gasteiger partial charge in [-0.15, -0.1) is 0 Å². The van der Waals surface area contributed by atoms with Gasteiger partial charge in [-0.25, -0.2) is 0 Å². The number of nitrogens with zero attached hydrogens (tertiary/aromatic N) is 1. The van der Waals surface area contributed by atoms with Gasteiger partial charge in [0.1, 0.15) is 0 Å². The van der Waals surface area contributed by atoms with Crippen LogP contribution in [0, 0.1) is 11.3 Å². The lowest BCUT2D eigenvalue weighted by Crippen LogP contribution is -2.40. The summed E-state index contributed by atoms with van der Waals surface area (Å²) in [5.74, 6) is 1.96. The zero-order valence-electron chi connectivity index (χ0n) is 12.6.